The number of nitrogens with one attached hydrogen (secondary N) is 1. The lowest BCUT2D eigenvalue weighted by Gasteiger charge is -2.25. The molecule has 1 aromatic rings. The summed E-state index contributed by atoms with van der Waals surface area (Å²) in [6.45, 7) is 7.34. The number of alkyl carbamates (subject to hydrolysis) is 1. The second-order valence-corrected chi connectivity index (χ2v) is 7.08. The van der Waals surface area contributed by atoms with Crippen LogP contribution in [0.3, 0.4) is 0 Å². The molecule has 7 heteroatoms. The van der Waals surface area contributed by atoms with Crippen molar-refractivity contribution in [2.24, 2.45) is 0 Å². The van der Waals surface area contributed by atoms with Crippen LogP contribution >= 0.6 is 11.3 Å². The predicted molar refractivity (Wildman–Crippen MR) is 81.6 cm³/mol. The number of ether oxygens (including phenoxy) is 1. The molecule has 1 N–H and O–H groups in total. The van der Waals surface area contributed by atoms with E-state index in [4.69, 9.17) is 4.74 Å². The van der Waals surface area contributed by atoms with Crippen molar-refractivity contribution in [1.82, 2.24) is 10.3 Å². The highest BCUT2D eigenvalue weighted by atomic mass is 32.1. The maximum atomic E-state index is 11.6. The molecule has 21 heavy (non-hydrogen) atoms. The van der Waals surface area contributed by atoms with Crippen molar-refractivity contribution in [3.05, 3.63) is 11.1 Å². The summed E-state index contributed by atoms with van der Waals surface area (Å²) in [5.41, 5.74) is -0.497. The number of piperidine rings is 1. The number of thiazole rings is 1. The van der Waals surface area contributed by atoms with Gasteiger partial charge in [-0.2, -0.15) is 0 Å². The molecule has 1 fully saturated rings. The molecule has 116 valence electrons. The molecule has 0 aliphatic carbocycles. The number of carbonyl (C=O) groups is 2. The van der Waals surface area contributed by atoms with Crippen LogP contribution in [0.2, 0.25) is 0 Å². The van der Waals surface area contributed by atoms with Gasteiger partial charge >= 0.3 is 6.09 Å². The molecule has 1 aromatic heterocycles. The van der Waals surface area contributed by atoms with E-state index in [2.05, 4.69) is 15.2 Å². The van der Waals surface area contributed by atoms with Crippen molar-refractivity contribution < 1.29 is 14.3 Å². The van der Waals surface area contributed by atoms with Gasteiger partial charge in [0.2, 0.25) is 0 Å². The number of anilines is 1. The van der Waals surface area contributed by atoms with E-state index in [9.17, 15) is 9.59 Å². The zero-order valence-corrected chi connectivity index (χ0v) is 13.5. The first kappa shape index (κ1) is 15.8. The van der Waals surface area contributed by atoms with E-state index < -0.39 is 11.7 Å². The fourth-order valence-electron chi connectivity index (χ4n) is 1.95. The fraction of sp³-hybridized carbons (Fsp3) is 0.643. The summed E-state index contributed by atoms with van der Waals surface area (Å²) in [7, 11) is 0. The Labute approximate surface area is 128 Å². The number of ketones is 1. The van der Waals surface area contributed by atoms with Crippen LogP contribution in [0, 0.1) is 0 Å². The number of hydrogen-bond donors (Lipinski definition) is 1. The van der Waals surface area contributed by atoms with E-state index in [1.165, 1.54) is 11.3 Å². The molecule has 1 amide bonds. The van der Waals surface area contributed by atoms with E-state index in [1.807, 2.05) is 20.8 Å². The molecule has 1 aliphatic heterocycles. The molecule has 0 bridgehead atoms. The third-order valence-electron chi connectivity index (χ3n) is 2.94. The molecule has 1 saturated heterocycles. The molecule has 2 heterocycles. The van der Waals surface area contributed by atoms with Gasteiger partial charge in [-0.15, -0.1) is 11.3 Å². The molecular formula is C14H21N3O3S. The Morgan fingerprint density at radius 1 is 1.43 bits per heavy atom. The molecule has 0 radical (unpaired) electrons. The zero-order valence-electron chi connectivity index (χ0n) is 12.6. The summed E-state index contributed by atoms with van der Waals surface area (Å²) in [5.74, 6) is 0.314. The second kappa shape index (κ2) is 6.43. The largest absolute Gasteiger partial charge is 0.444 e. The van der Waals surface area contributed by atoms with Gasteiger partial charge in [-0.1, -0.05) is 0 Å². The minimum absolute atomic E-state index is 0.314. The highest BCUT2D eigenvalue weighted by Crippen LogP contribution is 2.24. The van der Waals surface area contributed by atoms with Crippen molar-refractivity contribution in [3.8, 4) is 0 Å². The Balaban J connectivity index is 1.83. The van der Waals surface area contributed by atoms with E-state index in [1.54, 1.807) is 6.20 Å². The van der Waals surface area contributed by atoms with Gasteiger partial charge in [-0.25, -0.2) is 9.78 Å². The summed E-state index contributed by atoms with van der Waals surface area (Å²) < 4.78 is 5.18. The van der Waals surface area contributed by atoms with Crippen molar-refractivity contribution in [2.45, 2.75) is 45.8 Å². The first-order valence-corrected chi connectivity index (χ1v) is 7.83. The van der Waals surface area contributed by atoms with Crippen molar-refractivity contribution in [2.75, 3.05) is 18.0 Å². The lowest BCUT2D eigenvalue weighted by Crippen LogP contribution is -2.33. The summed E-state index contributed by atoms with van der Waals surface area (Å²) >= 11 is 1.53. The van der Waals surface area contributed by atoms with Gasteiger partial charge in [-0.05, 0) is 20.8 Å². The Hall–Kier alpha value is -1.63. The van der Waals surface area contributed by atoms with E-state index in [0.29, 0.717) is 25.2 Å². The Morgan fingerprint density at radius 2 is 2.10 bits per heavy atom. The van der Waals surface area contributed by atoms with Gasteiger partial charge in [0.05, 0.1) is 6.54 Å². The first-order chi connectivity index (χ1) is 9.83. The van der Waals surface area contributed by atoms with Crippen LogP contribution in [-0.2, 0) is 16.1 Å². The second-order valence-electron chi connectivity index (χ2n) is 5.99. The molecule has 6 nitrogen and oxygen atoms in total. The van der Waals surface area contributed by atoms with Crippen LogP contribution in [0.4, 0.5) is 9.93 Å². The lowest BCUT2D eigenvalue weighted by atomic mass is 10.1. The van der Waals surface area contributed by atoms with Crippen LogP contribution in [0.25, 0.3) is 0 Å². The third-order valence-corrected chi connectivity index (χ3v) is 4.00. The summed E-state index contributed by atoms with van der Waals surface area (Å²) in [4.78, 5) is 30.2. The molecule has 0 spiro atoms. The summed E-state index contributed by atoms with van der Waals surface area (Å²) in [5, 5.41) is 3.62. The van der Waals surface area contributed by atoms with Gasteiger partial charge in [0.15, 0.2) is 5.13 Å². The Kier molecular flexibility index (Phi) is 4.82. The average molecular weight is 311 g/mol. The normalized spacial score (nSPS) is 16.0. The maximum Gasteiger partial charge on any atom is 0.407 e. The molecule has 0 saturated carbocycles. The number of carbonyl (C=O) groups excluding carboxylic acids is 2. The third kappa shape index (κ3) is 5.00. The van der Waals surface area contributed by atoms with Crippen molar-refractivity contribution in [1.29, 1.82) is 0 Å². The molecular weight excluding hydrogens is 290 g/mol. The zero-order chi connectivity index (χ0) is 15.5. The van der Waals surface area contributed by atoms with Gasteiger partial charge in [0.25, 0.3) is 0 Å². The topological polar surface area (TPSA) is 71.5 Å². The van der Waals surface area contributed by atoms with Gasteiger partial charge in [-0.3, -0.25) is 4.79 Å². The SMILES string of the molecule is CC(C)(C)OC(=O)NCc1cnc(N2CCC(=O)CC2)s1. The Morgan fingerprint density at radius 3 is 2.71 bits per heavy atom. The fourth-order valence-corrected chi connectivity index (χ4v) is 2.85. The molecule has 0 aromatic carbocycles. The predicted octanol–water partition coefficient (Wildman–Crippen LogP) is 2.34. The summed E-state index contributed by atoms with van der Waals surface area (Å²) in [6.07, 6.45) is 2.50. The van der Waals surface area contributed by atoms with Crippen LogP contribution in [-0.4, -0.2) is 35.6 Å². The minimum atomic E-state index is -0.497. The number of nitrogens with zero attached hydrogens (tertiary/aromatic N) is 2. The van der Waals surface area contributed by atoms with E-state index in [0.717, 1.165) is 23.1 Å². The van der Waals surface area contributed by atoms with Crippen molar-refractivity contribution in [3.63, 3.8) is 0 Å². The standard InChI is InChI=1S/C14H21N3O3S/c1-14(2,3)20-13(19)16-9-11-8-15-12(21-11)17-6-4-10(18)5-7-17/h8H,4-7,9H2,1-3H3,(H,16,19). The quantitative estimate of drug-likeness (QED) is 0.927. The number of Topliss-reactive ketones (excluding diaryl/α,β-unsaturated/α-hetero) is 1. The van der Waals surface area contributed by atoms with Crippen LogP contribution < -0.4 is 10.2 Å². The molecule has 0 unspecified atom stereocenters. The van der Waals surface area contributed by atoms with Crippen LogP contribution in [0.15, 0.2) is 6.20 Å². The number of hydrogen-bond acceptors (Lipinski definition) is 6. The highest BCUT2D eigenvalue weighted by molar-refractivity contribution is 7.15. The van der Waals surface area contributed by atoms with Gasteiger partial charge < -0.3 is 15.0 Å². The van der Waals surface area contributed by atoms with Crippen LogP contribution in [0.1, 0.15) is 38.5 Å². The number of aromatic nitrogens is 1. The van der Waals surface area contributed by atoms with E-state index in [-0.39, 0.29) is 0 Å². The first-order valence-electron chi connectivity index (χ1n) is 7.02. The van der Waals surface area contributed by atoms with Gasteiger partial charge in [0.1, 0.15) is 11.4 Å². The monoisotopic (exact) mass is 311 g/mol. The minimum Gasteiger partial charge on any atom is -0.444 e. The molecule has 0 atom stereocenters. The summed E-state index contributed by atoms with van der Waals surface area (Å²) in [6, 6.07) is 0. The molecule has 2 rings (SSSR count). The average Bonchev–Trinajstić information content (AvgIpc) is 2.84. The van der Waals surface area contributed by atoms with Gasteiger partial charge in [0, 0.05) is 37.0 Å². The van der Waals surface area contributed by atoms with Crippen molar-refractivity contribution >= 4 is 28.3 Å². The van der Waals surface area contributed by atoms with Crippen LogP contribution in [0.5, 0.6) is 0 Å². The van der Waals surface area contributed by atoms with E-state index >= 15 is 0 Å². The Bertz CT molecular complexity index is 512. The lowest BCUT2D eigenvalue weighted by molar-refractivity contribution is -0.119. The number of amides is 1. The highest BCUT2D eigenvalue weighted by Gasteiger charge is 2.19. The smallest absolute Gasteiger partial charge is 0.407 e. The maximum absolute atomic E-state index is 11.6. The number of rotatable bonds is 3. The molecule has 1 aliphatic rings.